The van der Waals surface area contributed by atoms with Crippen molar-refractivity contribution < 1.29 is 9.90 Å². The normalized spacial score (nSPS) is 15.8. The van der Waals surface area contributed by atoms with Crippen molar-refractivity contribution in [2.45, 2.75) is 86.6 Å². The zero-order chi connectivity index (χ0) is 30.2. The van der Waals surface area contributed by atoms with Crippen LogP contribution in [0.15, 0.2) is 96.2 Å². The van der Waals surface area contributed by atoms with Crippen LogP contribution in [0.5, 0.6) is 0 Å². The molecule has 1 rings (SSSR count). The van der Waals surface area contributed by atoms with E-state index in [2.05, 4.69) is 76.4 Å². The summed E-state index contributed by atoms with van der Waals surface area (Å²) in [6.45, 7) is 30.2. The monoisotopic (exact) mass is 538 g/mol. The average molecular weight is 539 g/mol. The quantitative estimate of drug-likeness (QED) is 0.144. The van der Waals surface area contributed by atoms with Gasteiger partial charge in [0, 0.05) is 19.1 Å². The number of nitrogens with zero attached hydrogens (tertiary/aromatic N) is 2. The summed E-state index contributed by atoms with van der Waals surface area (Å²) in [6.07, 6.45) is 21.0. The minimum absolute atomic E-state index is 0.278. The lowest BCUT2D eigenvalue weighted by Gasteiger charge is -2.37. The molecule has 0 saturated carbocycles. The van der Waals surface area contributed by atoms with E-state index in [0.29, 0.717) is 0 Å². The van der Waals surface area contributed by atoms with Gasteiger partial charge in [0.05, 0.1) is 5.57 Å². The number of unbranched alkanes of at least 4 members (excludes halogenated alkanes) is 1. The molecule has 1 heterocycles. The van der Waals surface area contributed by atoms with Crippen LogP contribution >= 0.6 is 0 Å². The molecule has 0 aromatic heterocycles. The fourth-order valence-electron chi connectivity index (χ4n) is 3.83. The van der Waals surface area contributed by atoms with Crippen LogP contribution in [0, 0.1) is 0 Å². The Kier molecular flexibility index (Phi) is 24.0. The summed E-state index contributed by atoms with van der Waals surface area (Å²) in [4.78, 5) is 15.9. The summed E-state index contributed by atoms with van der Waals surface area (Å²) >= 11 is 0. The molecule has 0 aliphatic carbocycles. The first-order chi connectivity index (χ1) is 18.5. The molecular weight excluding hydrogens is 480 g/mol. The van der Waals surface area contributed by atoms with Gasteiger partial charge in [0.1, 0.15) is 0 Å². The minimum atomic E-state index is -0.920. The Morgan fingerprint density at radius 1 is 1.05 bits per heavy atom. The van der Waals surface area contributed by atoms with E-state index in [1.807, 2.05) is 32.1 Å². The van der Waals surface area contributed by atoms with Gasteiger partial charge in [-0.2, -0.15) is 0 Å². The summed E-state index contributed by atoms with van der Waals surface area (Å²) in [5.41, 5.74) is 4.75. The third kappa shape index (κ3) is 19.1. The average Bonchev–Trinajstić information content (AvgIpc) is 2.92. The minimum Gasteiger partial charge on any atom is -0.478 e. The van der Waals surface area contributed by atoms with E-state index in [9.17, 15) is 4.79 Å². The standard InChI is InChI=1S/C18H30N2.C13H18O2.C4H10/c1-6-9-17(8-3)15-20-12-10-18(11-13-20)19(5)14-16(4)7-2;1-5-7-11(10(3)4)9-12(8-6-2)13(14)15;1-3-4-2/h6-9,18H,1,3,10-15H2,2,4-5H3;6-9H,3,5H2,1-2,4H3,(H,14,15);3-4H2,1-2H3/b16-7+,17-9+;8-6-,11-7-,12-9+;. The van der Waals surface area contributed by atoms with Gasteiger partial charge in [-0.3, -0.25) is 9.80 Å². The first-order valence-corrected chi connectivity index (χ1v) is 14.5. The van der Waals surface area contributed by atoms with Crippen molar-refractivity contribution >= 4 is 5.97 Å². The van der Waals surface area contributed by atoms with Gasteiger partial charge in [-0.05, 0) is 84.3 Å². The lowest BCUT2D eigenvalue weighted by molar-refractivity contribution is -0.132. The van der Waals surface area contributed by atoms with Crippen LogP contribution < -0.4 is 0 Å². The number of hydrogen-bond donors (Lipinski definition) is 1. The van der Waals surface area contributed by atoms with E-state index in [4.69, 9.17) is 5.11 Å². The number of carboxylic acids is 1. The number of aliphatic carboxylic acids is 1. The molecule has 0 unspecified atom stereocenters. The van der Waals surface area contributed by atoms with E-state index >= 15 is 0 Å². The fraction of sp³-hybridized carbons (Fsp3) is 0.514. The largest absolute Gasteiger partial charge is 0.478 e. The van der Waals surface area contributed by atoms with E-state index in [0.717, 1.165) is 36.7 Å². The van der Waals surface area contributed by atoms with Crippen molar-refractivity contribution in [3.8, 4) is 0 Å². The maximum absolute atomic E-state index is 10.9. The highest BCUT2D eigenvalue weighted by Crippen LogP contribution is 2.18. The molecular formula is C35H58N2O2. The van der Waals surface area contributed by atoms with Crippen molar-refractivity contribution in [1.29, 1.82) is 0 Å². The number of likely N-dealkylation sites (N-methyl/N-ethyl adjacent to an activating group) is 1. The number of rotatable bonds is 13. The van der Waals surface area contributed by atoms with Crippen LogP contribution in [-0.2, 0) is 4.79 Å². The van der Waals surface area contributed by atoms with Gasteiger partial charge in [0.2, 0.25) is 0 Å². The Balaban J connectivity index is 0. The molecule has 0 radical (unpaired) electrons. The van der Waals surface area contributed by atoms with Gasteiger partial charge in [0.15, 0.2) is 0 Å². The second-order valence-corrected chi connectivity index (χ2v) is 9.99. The number of piperidine rings is 1. The molecule has 0 aromatic rings. The van der Waals surface area contributed by atoms with Crippen LogP contribution in [0.1, 0.15) is 80.6 Å². The van der Waals surface area contributed by atoms with Gasteiger partial charge >= 0.3 is 5.97 Å². The first kappa shape index (κ1) is 38.5. The van der Waals surface area contributed by atoms with Crippen molar-refractivity contribution in [3.05, 3.63) is 96.2 Å². The third-order valence-electron chi connectivity index (χ3n) is 6.49. The van der Waals surface area contributed by atoms with Gasteiger partial charge in [-0.25, -0.2) is 4.79 Å². The van der Waals surface area contributed by atoms with Crippen LogP contribution in [-0.4, -0.2) is 60.1 Å². The zero-order valence-electron chi connectivity index (χ0n) is 26.4. The van der Waals surface area contributed by atoms with Crippen molar-refractivity contribution in [2.75, 3.05) is 33.2 Å². The molecule has 39 heavy (non-hydrogen) atoms. The van der Waals surface area contributed by atoms with Crippen molar-refractivity contribution in [3.63, 3.8) is 0 Å². The molecule has 1 fully saturated rings. The van der Waals surface area contributed by atoms with E-state index in [1.54, 1.807) is 25.2 Å². The van der Waals surface area contributed by atoms with Crippen molar-refractivity contribution in [2.24, 2.45) is 0 Å². The number of carboxylic acid groups (broad SMARTS) is 1. The summed E-state index contributed by atoms with van der Waals surface area (Å²) in [7, 11) is 2.25. The van der Waals surface area contributed by atoms with Crippen LogP contribution in [0.4, 0.5) is 0 Å². The summed E-state index contributed by atoms with van der Waals surface area (Å²) < 4.78 is 0. The molecule has 4 heteroatoms. The predicted molar refractivity (Wildman–Crippen MR) is 174 cm³/mol. The van der Waals surface area contributed by atoms with Gasteiger partial charge in [-0.1, -0.05) is 107 Å². The lowest BCUT2D eigenvalue weighted by atomic mass is 10.0. The fourth-order valence-corrected chi connectivity index (χ4v) is 3.83. The zero-order valence-corrected chi connectivity index (χ0v) is 26.4. The Labute approximate surface area is 241 Å². The Hall–Kier alpha value is -2.69. The molecule has 1 saturated heterocycles. The Bertz CT molecular complexity index is 876. The Morgan fingerprint density at radius 2 is 1.64 bits per heavy atom. The van der Waals surface area contributed by atoms with Crippen LogP contribution in [0.25, 0.3) is 0 Å². The van der Waals surface area contributed by atoms with E-state index in [1.165, 1.54) is 49.9 Å². The summed E-state index contributed by atoms with van der Waals surface area (Å²) in [5.74, 6) is -0.920. The van der Waals surface area contributed by atoms with Crippen molar-refractivity contribution in [1.82, 2.24) is 9.80 Å². The molecule has 1 aliphatic rings. The Morgan fingerprint density at radius 3 is 2.03 bits per heavy atom. The smallest absolute Gasteiger partial charge is 0.335 e. The van der Waals surface area contributed by atoms with Gasteiger partial charge in [-0.15, -0.1) is 0 Å². The SMILES string of the molecule is C=C(C)C(=C\CC)/C=C(\C=C/C)C(=O)O.C=C/C=C(\C=C)CN1CCC(N(C)C/C(C)=C/C)CC1.CCCC. The molecule has 0 atom stereocenters. The maximum Gasteiger partial charge on any atom is 0.335 e. The molecule has 0 aromatic carbocycles. The highest BCUT2D eigenvalue weighted by atomic mass is 16.4. The maximum atomic E-state index is 10.9. The van der Waals surface area contributed by atoms with Gasteiger partial charge < -0.3 is 5.11 Å². The molecule has 4 nitrogen and oxygen atoms in total. The molecule has 0 spiro atoms. The number of likely N-dealkylation sites (tertiary alicyclic amines) is 1. The summed E-state index contributed by atoms with van der Waals surface area (Å²) in [5, 5.41) is 8.93. The van der Waals surface area contributed by atoms with E-state index in [-0.39, 0.29) is 5.57 Å². The molecule has 1 N–H and O–H groups in total. The molecule has 1 aliphatic heterocycles. The molecule has 0 amide bonds. The number of hydrogen-bond acceptors (Lipinski definition) is 3. The van der Waals surface area contributed by atoms with Gasteiger partial charge in [0.25, 0.3) is 0 Å². The summed E-state index contributed by atoms with van der Waals surface area (Å²) in [6, 6.07) is 0.719. The highest BCUT2D eigenvalue weighted by Gasteiger charge is 2.22. The topological polar surface area (TPSA) is 43.8 Å². The second kappa shape index (κ2) is 24.4. The predicted octanol–water partition coefficient (Wildman–Crippen LogP) is 8.94. The number of carbonyl (C=O) groups is 1. The second-order valence-electron chi connectivity index (χ2n) is 9.99. The number of allylic oxidation sites excluding steroid dienone is 8. The van der Waals surface area contributed by atoms with Crippen LogP contribution in [0.3, 0.4) is 0 Å². The molecule has 0 bridgehead atoms. The highest BCUT2D eigenvalue weighted by molar-refractivity contribution is 5.90. The van der Waals surface area contributed by atoms with Crippen LogP contribution in [0.2, 0.25) is 0 Å². The van der Waals surface area contributed by atoms with E-state index < -0.39 is 5.97 Å². The molecule has 220 valence electrons. The third-order valence-corrected chi connectivity index (χ3v) is 6.49. The lowest BCUT2D eigenvalue weighted by Crippen LogP contribution is -2.44. The first-order valence-electron chi connectivity index (χ1n) is 14.5.